The molecular formula is C12H14N2. The molecule has 1 N–H and O–H groups in total. The molecule has 0 aliphatic carbocycles. The largest absolute Gasteiger partial charge is 0.316 e. The molecule has 2 heteroatoms. The molecule has 0 radical (unpaired) electrons. The molecule has 0 saturated carbocycles. The van der Waals surface area contributed by atoms with Gasteiger partial charge in [-0.1, -0.05) is 36.4 Å². The van der Waals surface area contributed by atoms with E-state index < -0.39 is 0 Å². The van der Waals surface area contributed by atoms with Crippen molar-refractivity contribution in [1.82, 2.24) is 5.32 Å². The van der Waals surface area contributed by atoms with Gasteiger partial charge in [0.15, 0.2) is 0 Å². The summed E-state index contributed by atoms with van der Waals surface area (Å²) in [6, 6.07) is 10.3. The van der Waals surface area contributed by atoms with Crippen LogP contribution < -0.4 is 5.32 Å². The zero-order valence-corrected chi connectivity index (χ0v) is 8.33. The van der Waals surface area contributed by atoms with Gasteiger partial charge in [-0.05, 0) is 18.2 Å². The number of nitrogens with one attached hydrogen (secondary N) is 1. The Morgan fingerprint density at radius 2 is 2.21 bits per heavy atom. The van der Waals surface area contributed by atoms with Crippen molar-refractivity contribution in [3.63, 3.8) is 0 Å². The van der Waals surface area contributed by atoms with Crippen LogP contribution in [0.1, 0.15) is 17.5 Å². The molecule has 0 aromatic heterocycles. The first-order chi connectivity index (χ1) is 6.88. The van der Waals surface area contributed by atoms with Crippen molar-refractivity contribution in [3.05, 3.63) is 41.5 Å². The summed E-state index contributed by atoms with van der Waals surface area (Å²) >= 11 is 0. The summed E-state index contributed by atoms with van der Waals surface area (Å²) in [6.45, 7) is 0.854. The molecule has 72 valence electrons. The van der Waals surface area contributed by atoms with E-state index in [1.165, 1.54) is 11.1 Å². The minimum atomic E-state index is 0.466. The van der Waals surface area contributed by atoms with Gasteiger partial charge in [0.05, 0.1) is 12.5 Å². The second-order valence-electron chi connectivity index (χ2n) is 2.99. The van der Waals surface area contributed by atoms with Crippen molar-refractivity contribution < 1.29 is 0 Å². The summed E-state index contributed by atoms with van der Waals surface area (Å²) in [4.78, 5) is 0. The van der Waals surface area contributed by atoms with Gasteiger partial charge in [0.2, 0.25) is 0 Å². The van der Waals surface area contributed by atoms with Gasteiger partial charge in [-0.2, -0.15) is 5.26 Å². The van der Waals surface area contributed by atoms with Crippen LogP contribution >= 0.6 is 0 Å². The normalized spacial score (nSPS) is 10.3. The maximum atomic E-state index is 8.40. The summed E-state index contributed by atoms with van der Waals surface area (Å²) in [7, 11) is 1.93. The first kappa shape index (κ1) is 10.5. The molecule has 0 heterocycles. The van der Waals surface area contributed by atoms with Gasteiger partial charge in [-0.25, -0.2) is 0 Å². The number of benzene rings is 1. The van der Waals surface area contributed by atoms with E-state index in [9.17, 15) is 0 Å². The molecule has 2 nitrogen and oxygen atoms in total. The third-order valence-electron chi connectivity index (χ3n) is 1.93. The molecule has 0 fully saturated rings. The summed E-state index contributed by atoms with van der Waals surface area (Å²) in [5, 5.41) is 11.5. The number of hydrogen-bond donors (Lipinski definition) is 1. The Balaban J connectivity index is 2.79. The van der Waals surface area contributed by atoms with Crippen LogP contribution in [0, 0.1) is 11.3 Å². The van der Waals surface area contributed by atoms with Gasteiger partial charge in [0.25, 0.3) is 0 Å². The van der Waals surface area contributed by atoms with Gasteiger partial charge in [0, 0.05) is 6.54 Å². The van der Waals surface area contributed by atoms with E-state index in [0.717, 1.165) is 6.54 Å². The maximum absolute atomic E-state index is 8.40. The Morgan fingerprint density at radius 3 is 2.93 bits per heavy atom. The first-order valence-electron chi connectivity index (χ1n) is 4.64. The molecule has 0 amide bonds. The molecular weight excluding hydrogens is 172 g/mol. The topological polar surface area (TPSA) is 35.8 Å². The molecule has 0 saturated heterocycles. The number of hydrogen-bond acceptors (Lipinski definition) is 2. The quantitative estimate of drug-likeness (QED) is 0.783. The van der Waals surface area contributed by atoms with Gasteiger partial charge < -0.3 is 5.32 Å². The molecule has 1 rings (SSSR count). The van der Waals surface area contributed by atoms with E-state index in [-0.39, 0.29) is 0 Å². The van der Waals surface area contributed by atoms with Gasteiger partial charge in [-0.15, -0.1) is 0 Å². The van der Waals surface area contributed by atoms with Crippen LogP contribution in [0.3, 0.4) is 0 Å². The highest BCUT2D eigenvalue weighted by atomic mass is 14.8. The van der Waals surface area contributed by atoms with E-state index in [0.29, 0.717) is 6.42 Å². The number of allylic oxidation sites excluding steroid dienone is 1. The van der Waals surface area contributed by atoms with Crippen LogP contribution in [0.15, 0.2) is 30.3 Å². The summed E-state index contributed by atoms with van der Waals surface area (Å²) in [5.74, 6) is 0. The SMILES string of the molecule is CNCc1ccccc1C=CCC#N. The predicted octanol–water partition coefficient (Wildman–Crippen LogP) is 2.33. The Labute approximate surface area is 84.9 Å². The molecule has 0 aliphatic heterocycles. The molecule has 0 bridgehead atoms. The Morgan fingerprint density at radius 1 is 1.43 bits per heavy atom. The Bertz CT molecular complexity index is 348. The minimum absolute atomic E-state index is 0.466. The van der Waals surface area contributed by atoms with Crippen molar-refractivity contribution in [2.75, 3.05) is 7.05 Å². The molecule has 0 unspecified atom stereocenters. The highest BCUT2D eigenvalue weighted by Gasteiger charge is 1.95. The lowest BCUT2D eigenvalue weighted by molar-refractivity contribution is 0.816. The zero-order valence-electron chi connectivity index (χ0n) is 8.33. The average Bonchev–Trinajstić information content (AvgIpc) is 2.21. The van der Waals surface area contributed by atoms with Crippen molar-refractivity contribution >= 4 is 6.08 Å². The smallest absolute Gasteiger partial charge is 0.0663 e. The lowest BCUT2D eigenvalue weighted by Gasteiger charge is -2.03. The summed E-state index contributed by atoms with van der Waals surface area (Å²) < 4.78 is 0. The van der Waals surface area contributed by atoms with Gasteiger partial charge >= 0.3 is 0 Å². The predicted molar refractivity (Wildman–Crippen MR) is 58.5 cm³/mol. The van der Waals surface area contributed by atoms with E-state index in [1.807, 2.05) is 31.3 Å². The van der Waals surface area contributed by atoms with E-state index in [1.54, 1.807) is 0 Å². The Hall–Kier alpha value is -1.59. The molecule has 14 heavy (non-hydrogen) atoms. The number of nitrogens with zero attached hydrogens (tertiary/aromatic N) is 1. The van der Waals surface area contributed by atoms with Crippen LogP contribution in [-0.2, 0) is 6.54 Å². The summed E-state index contributed by atoms with van der Waals surface area (Å²) in [5.41, 5.74) is 2.43. The van der Waals surface area contributed by atoms with Crippen molar-refractivity contribution in [2.45, 2.75) is 13.0 Å². The van der Waals surface area contributed by atoms with E-state index >= 15 is 0 Å². The fraction of sp³-hybridized carbons (Fsp3) is 0.250. The average molecular weight is 186 g/mol. The summed E-state index contributed by atoms with van der Waals surface area (Å²) in [6.07, 6.45) is 4.35. The van der Waals surface area contributed by atoms with Crippen molar-refractivity contribution in [2.24, 2.45) is 0 Å². The molecule has 0 spiro atoms. The fourth-order valence-corrected chi connectivity index (χ4v) is 1.29. The Kier molecular flexibility index (Phi) is 4.46. The third-order valence-corrected chi connectivity index (χ3v) is 1.93. The number of nitriles is 1. The second-order valence-corrected chi connectivity index (χ2v) is 2.99. The molecule has 1 aromatic rings. The molecule has 0 atom stereocenters. The second kappa shape index (κ2) is 5.95. The third kappa shape index (κ3) is 3.04. The highest BCUT2D eigenvalue weighted by molar-refractivity contribution is 5.53. The van der Waals surface area contributed by atoms with Gasteiger partial charge in [-0.3, -0.25) is 0 Å². The van der Waals surface area contributed by atoms with Crippen LogP contribution in [0.2, 0.25) is 0 Å². The fourth-order valence-electron chi connectivity index (χ4n) is 1.29. The maximum Gasteiger partial charge on any atom is 0.0663 e. The van der Waals surface area contributed by atoms with Crippen LogP contribution in [-0.4, -0.2) is 7.05 Å². The van der Waals surface area contributed by atoms with E-state index in [2.05, 4.69) is 23.5 Å². The minimum Gasteiger partial charge on any atom is -0.316 e. The zero-order chi connectivity index (χ0) is 10.2. The van der Waals surface area contributed by atoms with Crippen LogP contribution in [0.5, 0.6) is 0 Å². The van der Waals surface area contributed by atoms with E-state index in [4.69, 9.17) is 5.26 Å². The first-order valence-corrected chi connectivity index (χ1v) is 4.64. The van der Waals surface area contributed by atoms with Crippen molar-refractivity contribution in [3.8, 4) is 6.07 Å². The monoisotopic (exact) mass is 186 g/mol. The number of rotatable bonds is 4. The van der Waals surface area contributed by atoms with Crippen LogP contribution in [0.4, 0.5) is 0 Å². The molecule has 0 aliphatic rings. The highest BCUT2D eigenvalue weighted by Crippen LogP contribution is 2.10. The molecule has 1 aromatic carbocycles. The lowest BCUT2D eigenvalue weighted by atomic mass is 10.1. The van der Waals surface area contributed by atoms with Crippen molar-refractivity contribution in [1.29, 1.82) is 5.26 Å². The standard InChI is InChI=1S/C12H14N2/c1-14-10-12-8-3-2-6-11(12)7-4-5-9-13/h2-4,6-8,14H,5,10H2,1H3. The van der Waals surface area contributed by atoms with Crippen LogP contribution in [0.25, 0.3) is 6.08 Å². The lowest BCUT2D eigenvalue weighted by Crippen LogP contribution is -2.06. The van der Waals surface area contributed by atoms with Gasteiger partial charge in [0.1, 0.15) is 0 Å².